The lowest BCUT2D eigenvalue weighted by atomic mass is 10.2. The van der Waals surface area contributed by atoms with Crippen LogP contribution in [0.25, 0.3) is 0 Å². The monoisotopic (exact) mass is 297 g/mol. The second kappa shape index (κ2) is 5.04. The number of aromatic nitrogens is 1. The number of pyridine rings is 1. The van der Waals surface area contributed by atoms with E-state index >= 15 is 0 Å². The Morgan fingerprint density at radius 1 is 1.65 bits per heavy atom. The van der Waals surface area contributed by atoms with Crippen molar-refractivity contribution >= 4 is 27.7 Å². The summed E-state index contributed by atoms with van der Waals surface area (Å²) in [7, 11) is 1.78. The second-order valence-electron chi connectivity index (χ2n) is 4.44. The number of nitrogens with zero attached hydrogens (tertiary/aromatic N) is 2. The summed E-state index contributed by atoms with van der Waals surface area (Å²) in [6.07, 6.45) is 2.78. The lowest BCUT2D eigenvalue weighted by Gasteiger charge is -2.17. The number of rotatable bonds is 2. The number of carbonyl (C=O) groups is 1. The average Bonchev–Trinajstić information content (AvgIpc) is 2.75. The Balaban J connectivity index is 2.26. The van der Waals surface area contributed by atoms with Gasteiger partial charge in [0.2, 0.25) is 0 Å². The van der Waals surface area contributed by atoms with Crippen molar-refractivity contribution in [1.29, 1.82) is 0 Å². The SMILES string of the molecule is CNc1ncc(Br)cc1C(=O)N1CCC(C)C1. The molecule has 0 bridgehead atoms. The standard InChI is InChI=1S/C12H16BrN3O/c1-8-3-4-16(7-8)12(17)10-5-9(13)6-15-11(10)14-2/h5-6,8H,3-4,7H2,1-2H3,(H,14,15). The smallest absolute Gasteiger partial charge is 0.257 e. The van der Waals surface area contributed by atoms with Gasteiger partial charge in [-0.15, -0.1) is 0 Å². The molecule has 0 radical (unpaired) electrons. The van der Waals surface area contributed by atoms with Gasteiger partial charge in [0.15, 0.2) is 0 Å². The molecular formula is C12H16BrN3O. The van der Waals surface area contributed by atoms with Gasteiger partial charge in [0.25, 0.3) is 5.91 Å². The maximum atomic E-state index is 12.3. The molecule has 1 unspecified atom stereocenters. The summed E-state index contributed by atoms with van der Waals surface area (Å²) in [5.74, 6) is 1.29. The predicted octanol–water partition coefficient (Wildman–Crippen LogP) is 2.37. The fraction of sp³-hybridized carbons (Fsp3) is 0.500. The number of halogens is 1. The number of likely N-dealkylation sites (tertiary alicyclic amines) is 1. The van der Waals surface area contributed by atoms with Crippen LogP contribution in [0.15, 0.2) is 16.7 Å². The fourth-order valence-electron chi connectivity index (χ4n) is 2.09. The molecule has 1 fully saturated rings. The normalized spacial score (nSPS) is 19.5. The number of hydrogen-bond donors (Lipinski definition) is 1. The number of hydrogen-bond acceptors (Lipinski definition) is 3. The molecule has 4 nitrogen and oxygen atoms in total. The zero-order valence-corrected chi connectivity index (χ0v) is 11.6. The molecule has 1 amide bonds. The van der Waals surface area contributed by atoms with Crippen LogP contribution in [0.4, 0.5) is 5.82 Å². The van der Waals surface area contributed by atoms with E-state index in [4.69, 9.17) is 0 Å². The van der Waals surface area contributed by atoms with Crippen LogP contribution in [0.5, 0.6) is 0 Å². The van der Waals surface area contributed by atoms with Crippen LogP contribution >= 0.6 is 15.9 Å². The Hall–Kier alpha value is -1.10. The molecule has 0 saturated carbocycles. The molecule has 0 spiro atoms. The van der Waals surface area contributed by atoms with E-state index in [-0.39, 0.29) is 5.91 Å². The molecule has 2 rings (SSSR count). The van der Waals surface area contributed by atoms with Crippen molar-refractivity contribution in [2.24, 2.45) is 5.92 Å². The highest BCUT2D eigenvalue weighted by atomic mass is 79.9. The maximum absolute atomic E-state index is 12.3. The Labute approximate surface area is 110 Å². The predicted molar refractivity (Wildman–Crippen MR) is 71.2 cm³/mol. The third-order valence-electron chi connectivity index (χ3n) is 3.03. The Morgan fingerprint density at radius 2 is 2.41 bits per heavy atom. The van der Waals surface area contributed by atoms with Crippen LogP contribution in [0, 0.1) is 5.92 Å². The van der Waals surface area contributed by atoms with Crippen LogP contribution in [0.1, 0.15) is 23.7 Å². The summed E-state index contributed by atoms with van der Waals surface area (Å²) in [6, 6.07) is 1.82. The van der Waals surface area contributed by atoms with E-state index < -0.39 is 0 Å². The molecular weight excluding hydrogens is 282 g/mol. The van der Waals surface area contributed by atoms with Gasteiger partial charge in [0, 0.05) is 30.8 Å². The second-order valence-corrected chi connectivity index (χ2v) is 5.36. The highest BCUT2D eigenvalue weighted by molar-refractivity contribution is 9.10. The van der Waals surface area contributed by atoms with Gasteiger partial charge < -0.3 is 10.2 Å². The Bertz CT molecular complexity index is 436. The van der Waals surface area contributed by atoms with Crippen molar-refractivity contribution < 1.29 is 4.79 Å². The van der Waals surface area contributed by atoms with Crippen molar-refractivity contribution in [1.82, 2.24) is 9.88 Å². The third kappa shape index (κ3) is 2.60. The molecule has 1 saturated heterocycles. The van der Waals surface area contributed by atoms with Crippen LogP contribution in [-0.4, -0.2) is 35.9 Å². The first-order valence-electron chi connectivity index (χ1n) is 5.74. The zero-order valence-electron chi connectivity index (χ0n) is 10.0. The summed E-state index contributed by atoms with van der Waals surface area (Å²) in [4.78, 5) is 18.5. The average molecular weight is 298 g/mol. The molecule has 1 N–H and O–H groups in total. The maximum Gasteiger partial charge on any atom is 0.257 e. The van der Waals surface area contributed by atoms with Crippen LogP contribution < -0.4 is 5.32 Å². The molecule has 17 heavy (non-hydrogen) atoms. The quantitative estimate of drug-likeness (QED) is 0.911. The van der Waals surface area contributed by atoms with Gasteiger partial charge in [-0.2, -0.15) is 0 Å². The van der Waals surface area contributed by atoms with E-state index in [0.29, 0.717) is 17.3 Å². The van der Waals surface area contributed by atoms with E-state index in [9.17, 15) is 4.79 Å². The van der Waals surface area contributed by atoms with Crippen molar-refractivity contribution in [3.05, 3.63) is 22.3 Å². The first kappa shape index (κ1) is 12.4. The first-order valence-corrected chi connectivity index (χ1v) is 6.53. The van der Waals surface area contributed by atoms with Gasteiger partial charge in [-0.25, -0.2) is 4.98 Å². The lowest BCUT2D eigenvalue weighted by molar-refractivity contribution is 0.0788. The lowest BCUT2D eigenvalue weighted by Crippen LogP contribution is -2.29. The minimum absolute atomic E-state index is 0.0625. The van der Waals surface area contributed by atoms with Crippen molar-refractivity contribution in [3.8, 4) is 0 Å². The summed E-state index contributed by atoms with van der Waals surface area (Å²) in [6.45, 7) is 3.86. The van der Waals surface area contributed by atoms with Crippen molar-refractivity contribution in [3.63, 3.8) is 0 Å². The van der Waals surface area contributed by atoms with E-state index in [1.807, 2.05) is 11.0 Å². The van der Waals surface area contributed by atoms with Crippen LogP contribution in [-0.2, 0) is 0 Å². The number of anilines is 1. The summed E-state index contributed by atoms with van der Waals surface area (Å²) in [5, 5.41) is 2.96. The fourth-order valence-corrected chi connectivity index (χ4v) is 2.42. The van der Waals surface area contributed by atoms with E-state index in [2.05, 4.69) is 33.2 Å². The van der Waals surface area contributed by atoms with Gasteiger partial charge >= 0.3 is 0 Å². The van der Waals surface area contributed by atoms with Gasteiger partial charge in [-0.1, -0.05) is 6.92 Å². The van der Waals surface area contributed by atoms with Crippen LogP contribution in [0.3, 0.4) is 0 Å². The topological polar surface area (TPSA) is 45.2 Å². The third-order valence-corrected chi connectivity index (χ3v) is 3.47. The number of amides is 1. The van der Waals surface area contributed by atoms with Crippen molar-refractivity contribution in [2.75, 3.05) is 25.5 Å². The molecule has 1 aliphatic heterocycles. The first-order chi connectivity index (χ1) is 8.11. The highest BCUT2D eigenvalue weighted by Crippen LogP contribution is 2.23. The number of carbonyl (C=O) groups excluding carboxylic acids is 1. The van der Waals surface area contributed by atoms with Gasteiger partial charge in [-0.05, 0) is 34.3 Å². The highest BCUT2D eigenvalue weighted by Gasteiger charge is 2.26. The molecule has 1 atom stereocenters. The van der Waals surface area contributed by atoms with Gasteiger partial charge in [-0.3, -0.25) is 4.79 Å². The summed E-state index contributed by atoms with van der Waals surface area (Å²) >= 11 is 3.35. The largest absolute Gasteiger partial charge is 0.372 e. The van der Waals surface area contributed by atoms with E-state index in [0.717, 1.165) is 24.0 Å². The van der Waals surface area contributed by atoms with Crippen molar-refractivity contribution in [2.45, 2.75) is 13.3 Å². The molecule has 1 aromatic heterocycles. The molecule has 1 aromatic rings. The summed E-state index contributed by atoms with van der Waals surface area (Å²) < 4.78 is 0.826. The minimum Gasteiger partial charge on any atom is -0.372 e. The van der Waals surface area contributed by atoms with Gasteiger partial charge in [0.1, 0.15) is 5.82 Å². The minimum atomic E-state index is 0.0625. The van der Waals surface area contributed by atoms with E-state index in [1.54, 1.807) is 13.2 Å². The number of nitrogens with one attached hydrogen (secondary N) is 1. The van der Waals surface area contributed by atoms with Crippen LogP contribution in [0.2, 0.25) is 0 Å². The Morgan fingerprint density at radius 3 is 3.00 bits per heavy atom. The Kier molecular flexibility index (Phi) is 3.66. The molecule has 1 aliphatic rings. The summed E-state index contributed by atoms with van der Waals surface area (Å²) in [5.41, 5.74) is 0.635. The zero-order chi connectivity index (χ0) is 12.4. The van der Waals surface area contributed by atoms with E-state index in [1.165, 1.54) is 0 Å². The molecule has 0 aromatic carbocycles. The molecule has 2 heterocycles. The van der Waals surface area contributed by atoms with Gasteiger partial charge in [0.05, 0.1) is 5.56 Å². The molecule has 5 heteroatoms. The molecule has 0 aliphatic carbocycles. The molecule has 92 valence electrons.